The number of carbonyl (C=O) groups is 3. The van der Waals surface area contributed by atoms with Crippen molar-refractivity contribution in [3.8, 4) is 0 Å². The number of hydroxylamine groups is 1. The zero-order valence-electron chi connectivity index (χ0n) is 19.8. The Morgan fingerprint density at radius 2 is 2.03 bits per heavy atom. The molecule has 1 amide bonds. The number of piperidine rings is 1. The number of carbonyl (C=O) groups excluding carboxylic acids is 3. The van der Waals surface area contributed by atoms with E-state index in [4.69, 9.17) is 0 Å². The van der Waals surface area contributed by atoms with Gasteiger partial charge in [-0.3, -0.25) is 28.8 Å². The summed E-state index contributed by atoms with van der Waals surface area (Å²) in [7, 11) is 1.36. The molecule has 2 fully saturated rings. The molecule has 4 rings (SSSR count). The highest BCUT2D eigenvalue weighted by molar-refractivity contribution is 8.14. The lowest BCUT2D eigenvalue weighted by molar-refractivity contribution is -0.132. The molecule has 35 heavy (non-hydrogen) atoms. The zero-order chi connectivity index (χ0) is 24.9. The number of benzene rings is 1. The van der Waals surface area contributed by atoms with Crippen LogP contribution in [0.4, 0.5) is 4.39 Å². The lowest BCUT2D eigenvalue weighted by Gasteiger charge is -2.38. The summed E-state index contributed by atoms with van der Waals surface area (Å²) < 4.78 is 16.3. The van der Waals surface area contributed by atoms with E-state index in [9.17, 15) is 18.8 Å². The predicted molar refractivity (Wildman–Crippen MR) is 130 cm³/mol. The second kappa shape index (κ2) is 11.3. The summed E-state index contributed by atoms with van der Waals surface area (Å²) in [6.07, 6.45) is 5.93. The van der Waals surface area contributed by atoms with Gasteiger partial charge in [-0.2, -0.15) is 5.10 Å². The Hall–Kier alpha value is -2.82. The van der Waals surface area contributed by atoms with Crippen LogP contribution < -0.4 is 5.48 Å². The van der Waals surface area contributed by atoms with Crippen LogP contribution in [0.15, 0.2) is 42.1 Å². The van der Waals surface area contributed by atoms with Gasteiger partial charge in [-0.05, 0) is 43.0 Å². The molecule has 1 aromatic carbocycles. The molecule has 186 valence electrons. The van der Waals surface area contributed by atoms with Crippen molar-refractivity contribution in [1.82, 2.24) is 20.2 Å². The molecule has 2 atom stereocenters. The van der Waals surface area contributed by atoms with Gasteiger partial charge in [0.2, 0.25) is 0 Å². The Kier molecular flexibility index (Phi) is 8.15. The molecule has 2 unspecified atom stereocenters. The molecule has 1 aliphatic carbocycles. The number of likely N-dealkylation sites (tertiary alicyclic amines) is 1. The molecule has 2 aromatic rings. The molecule has 1 saturated heterocycles. The number of rotatable bonds is 9. The van der Waals surface area contributed by atoms with E-state index in [0.29, 0.717) is 30.8 Å². The summed E-state index contributed by atoms with van der Waals surface area (Å²) in [5.74, 6) is -0.689. The molecule has 1 aliphatic heterocycles. The highest BCUT2D eigenvalue weighted by atomic mass is 32.2. The quantitative estimate of drug-likeness (QED) is 0.529. The van der Waals surface area contributed by atoms with Crippen LogP contribution in [0.5, 0.6) is 0 Å². The maximum Gasteiger partial charge on any atom is 0.265 e. The Labute approximate surface area is 207 Å². The van der Waals surface area contributed by atoms with Crippen molar-refractivity contribution in [2.75, 3.05) is 20.2 Å². The minimum atomic E-state index is -0.661. The summed E-state index contributed by atoms with van der Waals surface area (Å²) in [5.41, 5.74) is 4.22. The molecule has 2 aliphatic rings. The number of amides is 1. The number of Topliss-reactive ketones (excluding diaryl/α,β-unsaturated/α-hetero) is 1. The van der Waals surface area contributed by atoms with Gasteiger partial charge in [-0.25, -0.2) is 9.87 Å². The highest BCUT2D eigenvalue weighted by Crippen LogP contribution is 2.40. The van der Waals surface area contributed by atoms with Crippen molar-refractivity contribution in [3.63, 3.8) is 0 Å². The van der Waals surface area contributed by atoms with Crippen LogP contribution in [0.25, 0.3) is 6.08 Å². The van der Waals surface area contributed by atoms with E-state index in [1.54, 1.807) is 30.5 Å². The summed E-state index contributed by atoms with van der Waals surface area (Å²) in [5, 5.41) is 4.38. The van der Waals surface area contributed by atoms with Gasteiger partial charge in [-0.15, -0.1) is 0 Å². The van der Waals surface area contributed by atoms with Crippen molar-refractivity contribution < 1.29 is 23.6 Å². The Morgan fingerprint density at radius 1 is 1.26 bits per heavy atom. The molecular formula is C25H29FN4O4S. The minimum Gasteiger partial charge on any atom is -0.297 e. The van der Waals surface area contributed by atoms with Gasteiger partial charge in [-0.1, -0.05) is 30.0 Å². The first-order valence-corrected chi connectivity index (χ1v) is 12.5. The third kappa shape index (κ3) is 6.45. The SMILES string of the molecule is CONC(=O)Cn1ccc(C=C2CN(C(C(=O)C3CC3)c3ccccc3F)CCC2SC(C)=O)n1. The third-order valence-electron chi connectivity index (χ3n) is 6.12. The molecule has 8 nitrogen and oxygen atoms in total. The number of ketones is 1. The molecule has 1 aromatic heterocycles. The van der Waals surface area contributed by atoms with Gasteiger partial charge in [0.15, 0.2) is 10.9 Å². The monoisotopic (exact) mass is 500 g/mol. The number of nitrogens with zero attached hydrogens (tertiary/aromatic N) is 3. The van der Waals surface area contributed by atoms with Gasteiger partial charge in [0, 0.05) is 42.9 Å². The van der Waals surface area contributed by atoms with E-state index in [2.05, 4.69) is 15.4 Å². The van der Waals surface area contributed by atoms with E-state index in [1.165, 1.54) is 36.5 Å². The Morgan fingerprint density at radius 3 is 2.71 bits per heavy atom. The van der Waals surface area contributed by atoms with Gasteiger partial charge in [0.05, 0.1) is 18.8 Å². The van der Waals surface area contributed by atoms with Crippen LogP contribution in [0.3, 0.4) is 0 Å². The first-order chi connectivity index (χ1) is 16.9. The second-order valence-electron chi connectivity index (χ2n) is 8.84. The molecule has 1 N–H and O–H groups in total. The van der Waals surface area contributed by atoms with Crippen molar-refractivity contribution in [3.05, 3.63) is 59.2 Å². The van der Waals surface area contributed by atoms with Crippen LogP contribution in [0.2, 0.25) is 0 Å². The molecule has 0 spiro atoms. The fraction of sp³-hybridized carbons (Fsp3) is 0.440. The smallest absolute Gasteiger partial charge is 0.265 e. The largest absolute Gasteiger partial charge is 0.297 e. The molecule has 0 radical (unpaired) electrons. The molecular weight excluding hydrogens is 471 g/mol. The van der Waals surface area contributed by atoms with E-state index < -0.39 is 6.04 Å². The fourth-order valence-electron chi connectivity index (χ4n) is 4.42. The maximum atomic E-state index is 14.8. The van der Waals surface area contributed by atoms with E-state index in [1.807, 2.05) is 11.0 Å². The average molecular weight is 501 g/mol. The topological polar surface area (TPSA) is 93.5 Å². The van der Waals surface area contributed by atoms with Crippen LogP contribution >= 0.6 is 11.8 Å². The van der Waals surface area contributed by atoms with E-state index >= 15 is 0 Å². The summed E-state index contributed by atoms with van der Waals surface area (Å²) >= 11 is 1.26. The van der Waals surface area contributed by atoms with Gasteiger partial charge in [0.25, 0.3) is 5.91 Å². The van der Waals surface area contributed by atoms with Crippen molar-refractivity contribution >= 4 is 34.6 Å². The number of hydrogen-bond acceptors (Lipinski definition) is 7. The van der Waals surface area contributed by atoms with Gasteiger partial charge in [0.1, 0.15) is 12.4 Å². The van der Waals surface area contributed by atoms with Gasteiger partial charge < -0.3 is 0 Å². The van der Waals surface area contributed by atoms with Gasteiger partial charge >= 0.3 is 0 Å². The number of aromatic nitrogens is 2. The average Bonchev–Trinajstić information content (AvgIpc) is 3.58. The van der Waals surface area contributed by atoms with E-state index in [-0.39, 0.29) is 40.3 Å². The summed E-state index contributed by atoms with van der Waals surface area (Å²) in [6.45, 7) is 2.53. The van der Waals surface area contributed by atoms with Crippen molar-refractivity contribution in [1.29, 1.82) is 0 Å². The predicted octanol–water partition coefficient (Wildman–Crippen LogP) is 3.16. The first kappa shape index (κ1) is 25.3. The van der Waals surface area contributed by atoms with Crippen molar-refractivity contribution in [2.24, 2.45) is 5.92 Å². The standard InChI is InChI=1S/C25H29FN4O4S/c1-16(31)35-22-10-11-29(24(25(33)17-7-8-17)20-5-3-4-6-21(20)26)14-18(22)13-19-9-12-30(27-19)15-23(32)28-34-2/h3-6,9,12-13,17,22,24H,7-8,10-11,14-15H2,1-2H3,(H,28,32). The van der Waals surface area contributed by atoms with Crippen molar-refractivity contribution in [2.45, 2.75) is 44.0 Å². The lowest BCUT2D eigenvalue weighted by Crippen LogP contribution is -2.43. The Bertz CT molecular complexity index is 1130. The number of hydrogen-bond donors (Lipinski definition) is 1. The van der Waals surface area contributed by atoms with Crippen LogP contribution in [-0.4, -0.2) is 56.9 Å². The zero-order valence-corrected chi connectivity index (χ0v) is 20.6. The first-order valence-electron chi connectivity index (χ1n) is 11.6. The summed E-state index contributed by atoms with van der Waals surface area (Å²) in [4.78, 5) is 43.6. The lowest BCUT2D eigenvalue weighted by atomic mass is 9.93. The fourth-order valence-corrected chi connectivity index (χ4v) is 5.34. The normalized spacial score (nSPS) is 20.5. The molecule has 1 saturated carbocycles. The minimum absolute atomic E-state index is 0.0000111. The van der Waals surface area contributed by atoms with Crippen LogP contribution in [0, 0.1) is 11.7 Å². The molecule has 2 heterocycles. The number of nitrogens with one attached hydrogen (secondary N) is 1. The maximum absolute atomic E-state index is 14.8. The Balaban J connectivity index is 1.61. The number of halogens is 1. The molecule has 0 bridgehead atoms. The highest BCUT2D eigenvalue weighted by Gasteiger charge is 2.41. The third-order valence-corrected chi connectivity index (χ3v) is 7.27. The second-order valence-corrected chi connectivity index (χ2v) is 10.2. The molecule has 10 heteroatoms. The van der Waals surface area contributed by atoms with Crippen LogP contribution in [-0.2, 0) is 25.8 Å². The summed E-state index contributed by atoms with van der Waals surface area (Å²) in [6, 6.07) is 7.59. The number of thioether (sulfide) groups is 1. The van der Waals surface area contributed by atoms with Crippen LogP contribution in [0.1, 0.15) is 43.5 Å². The van der Waals surface area contributed by atoms with E-state index in [0.717, 1.165) is 18.4 Å².